The van der Waals surface area contributed by atoms with Gasteiger partial charge in [0.15, 0.2) is 5.03 Å². The van der Waals surface area contributed by atoms with E-state index in [1.807, 2.05) is 0 Å². The SMILES string of the molecule is CN(Cc1cccnc1)S(=O)(=O)c1ncccc1N. The van der Waals surface area contributed by atoms with E-state index in [0.717, 1.165) is 5.56 Å². The highest BCUT2D eigenvalue weighted by atomic mass is 32.2. The van der Waals surface area contributed by atoms with Crippen molar-refractivity contribution < 1.29 is 8.42 Å². The minimum Gasteiger partial charge on any atom is -0.396 e. The highest BCUT2D eigenvalue weighted by molar-refractivity contribution is 7.89. The Morgan fingerprint density at radius 2 is 2.00 bits per heavy atom. The second-order valence-electron chi connectivity index (χ2n) is 4.02. The van der Waals surface area contributed by atoms with Gasteiger partial charge in [-0.25, -0.2) is 13.4 Å². The van der Waals surface area contributed by atoms with Gasteiger partial charge in [-0.1, -0.05) is 6.07 Å². The molecule has 0 atom stereocenters. The zero-order valence-corrected chi connectivity index (χ0v) is 11.2. The van der Waals surface area contributed by atoms with Crippen molar-refractivity contribution in [2.24, 2.45) is 0 Å². The number of pyridine rings is 2. The average Bonchev–Trinajstić information content (AvgIpc) is 2.40. The van der Waals surface area contributed by atoms with Crippen molar-refractivity contribution in [3.8, 4) is 0 Å². The third-order valence-electron chi connectivity index (χ3n) is 2.58. The fourth-order valence-electron chi connectivity index (χ4n) is 1.60. The number of nitrogens with zero attached hydrogens (tertiary/aromatic N) is 3. The quantitative estimate of drug-likeness (QED) is 0.896. The van der Waals surface area contributed by atoms with E-state index in [-0.39, 0.29) is 17.3 Å². The van der Waals surface area contributed by atoms with Crippen molar-refractivity contribution in [1.29, 1.82) is 0 Å². The van der Waals surface area contributed by atoms with Gasteiger partial charge in [0.05, 0.1) is 5.69 Å². The lowest BCUT2D eigenvalue weighted by Gasteiger charge is -2.17. The van der Waals surface area contributed by atoms with E-state index in [0.29, 0.717) is 0 Å². The Morgan fingerprint density at radius 3 is 2.63 bits per heavy atom. The normalized spacial score (nSPS) is 11.7. The number of sulfonamides is 1. The molecule has 0 aliphatic rings. The second-order valence-corrected chi connectivity index (χ2v) is 5.98. The number of hydrogen-bond donors (Lipinski definition) is 1. The molecule has 0 amide bonds. The summed E-state index contributed by atoms with van der Waals surface area (Å²) in [6.07, 6.45) is 4.66. The van der Waals surface area contributed by atoms with Crippen LogP contribution < -0.4 is 5.73 Å². The highest BCUT2D eigenvalue weighted by Gasteiger charge is 2.24. The predicted octanol–water partition coefficient (Wildman–Crippen LogP) is 0.880. The van der Waals surface area contributed by atoms with Crippen LogP contribution in [0.25, 0.3) is 0 Å². The first-order valence-electron chi connectivity index (χ1n) is 5.57. The van der Waals surface area contributed by atoms with Gasteiger partial charge < -0.3 is 5.73 Å². The standard InChI is InChI=1S/C12H14N4O2S/c1-16(9-10-4-2-6-14-8-10)19(17,18)12-11(13)5-3-7-15-12/h2-8H,9,13H2,1H3. The van der Waals surface area contributed by atoms with Crippen LogP contribution >= 0.6 is 0 Å². The van der Waals surface area contributed by atoms with Crippen LogP contribution in [0.15, 0.2) is 47.9 Å². The Labute approximate surface area is 112 Å². The Bertz CT molecular complexity index is 658. The maximum atomic E-state index is 12.3. The zero-order chi connectivity index (χ0) is 13.9. The van der Waals surface area contributed by atoms with Gasteiger partial charge >= 0.3 is 0 Å². The molecule has 2 aromatic heterocycles. The molecule has 0 radical (unpaired) electrons. The molecule has 0 unspecified atom stereocenters. The van der Waals surface area contributed by atoms with Gasteiger partial charge in [-0.3, -0.25) is 4.98 Å². The molecule has 6 nitrogen and oxygen atoms in total. The largest absolute Gasteiger partial charge is 0.396 e. The summed E-state index contributed by atoms with van der Waals surface area (Å²) in [5.74, 6) is 0. The molecule has 2 aromatic rings. The van der Waals surface area contributed by atoms with E-state index >= 15 is 0 Å². The second kappa shape index (κ2) is 5.33. The monoisotopic (exact) mass is 278 g/mol. The third kappa shape index (κ3) is 2.88. The van der Waals surface area contributed by atoms with Crippen molar-refractivity contribution in [1.82, 2.24) is 14.3 Å². The molecule has 0 aliphatic heterocycles. The van der Waals surface area contributed by atoms with Crippen molar-refractivity contribution in [3.05, 3.63) is 48.4 Å². The first-order chi connectivity index (χ1) is 9.01. The summed E-state index contributed by atoms with van der Waals surface area (Å²) in [7, 11) is -2.22. The molecule has 0 saturated carbocycles. The van der Waals surface area contributed by atoms with Gasteiger partial charge in [-0.05, 0) is 23.8 Å². The van der Waals surface area contributed by atoms with Crippen LogP contribution in [-0.4, -0.2) is 29.7 Å². The molecule has 19 heavy (non-hydrogen) atoms. The molecular weight excluding hydrogens is 264 g/mol. The van der Waals surface area contributed by atoms with Gasteiger partial charge in [0.1, 0.15) is 0 Å². The predicted molar refractivity (Wildman–Crippen MR) is 71.5 cm³/mol. The van der Waals surface area contributed by atoms with Crippen LogP contribution in [0.5, 0.6) is 0 Å². The number of nitrogen functional groups attached to an aromatic ring is 1. The van der Waals surface area contributed by atoms with Crippen LogP contribution in [-0.2, 0) is 16.6 Å². The maximum absolute atomic E-state index is 12.3. The molecule has 0 bridgehead atoms. The van der Waals surface area contributed by atoms with Gasteiger partial charge in [0.2, 0.25) is 0 Å². The van der Waals surface area contributed by atoms with E-state index in [4.69, 9.17) is 5.73 Å². The maximum Gasteiger partial charge on any atom is 0.262 e. The van der Waals surface area contributed by atoms with Crippen LogP contribution in [0.3, 0.4) is 0 Å². The molecule has 0 spiro atoms. The van der Waals surface area contributed by atoms with Gasteiger partial charge in [-0.2, -0.15) is 4.31 Å². The number of rotatable bonds is 4. The first kappa shape index (κ1) is 13.4. The summed E-state index contributed by atoms with van der Waals surface area (Å²) >= 11 is 0. The van der Waals surface area contributed by atoms with Crippen molar-refractivity contribution in [3.63, 3.8) is 0 Å². The molecule has 2 heterocycles. The Morgan fingerprint density at radius 1 is 1.26 bits per heavy atom. The van der Waals surface area contributed by atoms with Gasteiger partial charge in [0.25, 0.3) is 10.0 Å². The lowest BCUT2D eigenvalue weighted by molar-refractivity contribution is 0.464. The molecule has 0 fully saturated rings. The molecule has 2 rings (SSSR count). The number of hydrogen-bond acceptors (Lipinski definition) is 5. The van der Waals surface area contributed by atoms with Crippen molar-refractivity contribution in [2.75, 3.05) is 12.8 Å². The minimum atomic E-state index is -3.70. The van der Waals surface area contributed by atoms with Crippen molar-refractivity contribution >= 4 is 15.7 Å². The molecular formula is C12H14N4O2S. The van der Waals surface area contributed by atoms with Gasteiger partial charge in [-0.15, -0.1) is 0 Å². The molecule has 0 saturated heterocycles. The van der Waals surface area contributed by atoms with Crippen LogP contribution in [0.4, 0.5) is 5.69 Å². The highest BCUT2D eigenvalue weighted by Crippen LogP contribution is 2.19. The summed E-state index contributed by atoms with van der Waals surface area (Å²) in [6, 6.07) is 6.67. The topological polar surface area (TPSA) is 89.2 Å². The fraction of sp³-hybridized carbons (Fsp3) is 0.167. The summed E-state index contributed by atoms with van der Waals surface area (Å²) in [5.41, 5.74) is 6.59. The number of aromatic nitrogens is 2. The number of anilines is 1. The Balaban J connectivity index is 2.28. The summed E-state index contributed by atoms with van der Waals surface area (Å²) in [5, 5.41) is -0.124. The van der Waals surface area contributed by atoms with E-state index in [1.54, 1.807) is 30.6 Å². The minimum absolute atomic E-state index is 0.124. The van der Waals surface area contributed by atoms with E-state index in [2.05, 4.69) is 9.97 Å². The number of nitrogens with two attached hydrogens (primary N) is 1. The van der Waals surface area contributed by atoms with Crippen molar-refractivity contribution in [2.45, 2.75) is 11.6 Å². The lowest BCUT2D eigenvalue weighted by Crippen LogP contribution is -2.28. The smallest absolute Gasteiger partial charge is 0.262 e. The van der Waals surface area contributed by atoms with Crippen LogP contribution in [0, 0.1) is 0 Å². The summed E-state index contributed by atoms with van der Waals surface area (Å²) < 4.78 is 25.8. The van der Waals surface area contributed by atoms with E-state index < -0.39 is 10.0 Å². The van der Waals surface area contributed by atoms with Crippen LogP contribution in [0.1, 0.15) is 5.56 Å². The molecule has 100 valence electrons. The first-order valence-corrected chi connectivity index (χ1v) is 7.01. The summed E-state index contributed by atoms with van der Waals surface area (Å²) in [6.45, 7) is 0.214. The Kier molecular flexibility index (Phi) is 3.77. The molecule has 2 N–H and O–H groups in total. The van der Waals surface area contributed by atoms with Gasteiger partial charge in [0, 0.05) is 32.2 Å². The van der Waals surface area contributed by atoms with E-state index in [9.17, 15) is 8.42 Å². The summed E-state index contributed by atoms with van der Waals surface area (Å²) in [4.78, 5) is 7.79. The molecule has 0 aliphatic carbocycles. The average molecular weight is 278 g/mol. The third-order valence-corrected chi connectivity index (χ3v) is 4.36. The molecule has 0 aromatic carbocycles. The fourth-order valence-corrected chi connectivity index (χ4v) is 2.77. The lowest BCUT2D eigenvalue weighted by atomic mass is 10.3. The van der Waals surface area contributed by atoms with Crippen LogP contribution in [0.2, 0.25) is 0 Å². The van der Waals surface area contributed by atoms with E-state index in [1.165, 1.54) is 23.6 Å². The zero-order valence-electron chi connectivity index (χ0n) is 10.4. The molecule has 7 heteroatoms. The Hall–Kier alpha value is -1.99.